The lowest BCUT2D eigenvalue weighted by molar-refractivity contribution is 0.170. The molecule has 0 spiro atoms. The normalized spacial score (nSPS) is 24.2. The number of benzene rings is 1. The molecule has 2 unspecified atom stereocenters. The van der Waals surface area contributed by atoms with Crippen LogP contribution in [0.4, 0.5) is 11.4 Å². The summed E-state index contributed by atoms with van der Waals surface area (Å²) < 4.78 is 0. The number of nitrogen functional groups attached to an aromatic ring is 1. The molecule has 2 atom stereocenters. The van der Waals surface area contributed by atoms with Crippen LogP contribution in [-0.4, -0.2) is 42.1 Å². The molecule has 2 N–H and O–H groups in total. The monoisotopic (exact) mass is 270 g/mol. The van der Waals surface area contributed by atoms with Crippen molar-refractivity contribution in [2.24, 2.45) is 0 Å². The first-order valence-corrected chi connectivity index (χ1v) is 7.18. The van der Waals surface area contributed by atoms with E-state index in [0.29, 0.717) is 12.1 Å². The Morgan fingerprint density at radius 1 is 1.15 bits per heavy atom. The SMILES string of the molecule is CC1CN(c2c(N)cnc3ccccc23)CC(C)N1C. The smallest absolute Gasteiger partial charge is 0.0745 e. The van der Waals surface area contributed by atoms with Crippen LogP contribution in [0.2, 0.25) is 0 Å². The molecule has 106 valence electrons. The number of piperazine rings is 1. The molecule has 3 rings (SSSR count). The molecule has 0 saturated carbocycles. The van der Waals surface area contributed by atoms with E-state index >= 15 is 0 Å². The van der Waals surface area contributed by atoms with Gasteiger partial charge < -0.3 is 10.6 Å². The van der Waals surface area contributed by atoms with Crippen LogP contribution in [-0.2, 0) is 0 Å². The first-order valence-electron chi connectivity index (χ1n) is 7.18. The van der Waals surface area contributed by atoms with Gasteiger partial charge in [0.05, 0.1) is 23.1 Å². The Bertz CT molecular complexity index is 613. The molecule has 1 aromatic carbocycles. The van der Waals surface area contributed by atoms with Crippen molar-refractivity contribution in [1.29, 1.82) is 0 Å². The minimum atomic E-state index is 0.519. The zero-order valence-electron chi connectivity index (χ0n) is 12.4. The number of anilines is 2. The van der Waals surface area contributed by atoms with Gasteiger partial charge in [0.2, 0.25) is 0 Å². The highest BCUT2D eigenvalue weighted by Gasteiger charge is 2.28. The molecule has 1 aromatic heterocycles. The number of rotatable bonds is 1. The van der Waals surface area contributed by atoms with E-state index in [0.717, 1.165) is 35.4 Å². The van der Waals surface area contributed by atoms with Crippen molar-refractivity contribution in [3.05, 3.63) is 30.5 Å². The highest BCUT2D eigenvalue weighted by Crippen LogP contribution is 2.33. The molecule has 0 radical (unpaired) electrons. The molecule has 1 saturated heterocycles. The molecule has 4 nitrogen and oxygen atoms in total. The van der Waals surface area contributed by atoms with E-state index in [4.69, 9.17) is 5.73 Å². The van der Waals surface area contributed by atoms with Crippen LogP contribution in [0.3, 0.4) is 0 Å². The van der Waals surface area contributed by atoms with Gasteiger partial charge in [0.15, 0.2) is 0 Å². The van der Waals surface area contributed by atoms with Gasteiger partial charge in [-0.1, -0.05) is 18.2 Å². The third-order valence-corrected chi connectivity index (χ3v) is 4.45. The molecule has 0 aliphatic carbocycles. The van der Waals surface area contributed by atoms with Crippen LogP contribution in [0.5, 0.6) is 0 Å². The van der Waals surface area contributed by atoms with Gasteiger partial charge in [-0.15, -0.1) is 0 Å². The number of hydrogen-bond donors (Lipinski definition) is 1. The number of nitrogens with zero attached hydrogens (tertiary/aromatic N) is 3. The quantitative estimate of drug-likeness (QED) is 0.864. The number of hydrogen-bond acceptors (Lipinski definition) is 4. The van der Waals surface area contributed by atoms with Crippen molar-refractivity contribution < 1.29 is 0 Å². The summed E-state index contributed by atoms with van der Waals surface area (Å²) in [4.78, 5) is 9.27. The summed E-state index contributed by atoms with van der Waals surface area (Å²) in [6.07, 6.45) is 1.78. The van der Waals surface area contributed by atoms with E-state index in [9.17, 15) is 0 Å². The summed E-state index contributed by atoms with van der Waals surface area (Å²) in [5.74, 6) is 0. The van der Waals surface area contributed by atoms with Crippen molar-refractivity contribution in [3.63, 3.8) is 0 Å². The van der Waals surface area contributed by atoms with E-state index in [-0.39, 0.29) is 0 Å². The lowest BCUT2D eigenvalue weighted by atomic mass is 10.1. The third-order valence-electron chi connectivity index (χ3n) is 4.45. The molecule has 2 heterocycles. The van der Waals surface area contributed by atoms with Crippen LogP contribution < -0.4 is 10.6 Å². The van der Waals surface area contributed by atoms with Crippen LogP contribution in [0.15, 0.2) is 30.5 Å². The van der Waals surface area contributed by atoms with Gasteiger partial charge in [0, 0.05) is 30.6 Å². The summed E-state index contributed by atoms with van der Waals surface area (Å²) in [5, 5.41) is 1.15. The standard InChI is InChI=1S/C16H22N4/c1-11-9-20(10-12(2)19(11)3)16-13-6-4-5-7-15(13)18-8-14(16)17/h4-8,11-12H,9-10,17H2,1-3H3. The average molecular weight is 270 g/mol. The number of likely N-dealkylation sites (N-methyl/N-ethyl adjacent to an activating group) is 1. The zero-order valence-corrected chi connectivity index (χ0v) is 12.4. The van der Waals surface area contributed by atoms with Crippen molar-refractivity contribution in [2.45, 2.75) is 25.9 Å². The van der Waals surface area contributed by atoms with Crippen LogP contribution in [0, 0.1) is 0 Å². The molecule has 0 amide bonds. The van der Waals surface area contributed by atoms with Crippen molar-refractivity contribution in [2.75, 3.05) is 30.8 Å². The largest absolute Gasteiger partial charge is 0.396 e. The lowest BCUT2D eigenvalue weighted by Crippen LogP contribution is -2.55. The maximum absolute atomic E-state index is 6.23. The summed E-state index contributed by atoms with van der Waals surface area (Å²) in [6, 6.07) is 9.26. The predicted molar refractivity (Wildman–Crippen MR) is 85.1 cm³/mol. The van der Waals surface area contributed by atoms with E-state index in [2.05, 4.69) is 47.8 Å². The second kappa shape index (κ2) is 4.94. The molecular weight excluding hydrogens is 248 g/mol. The third kappa shape index (κ3) is 2.10. The molecule has 4 heteroatoms. The van der Waals surface area contributed by atoms with Crippen LogP contribution in [0.1, 0.15) is 13.8 Å². The van der Waals surface area contributed by atoms with Crippen molar-refractivity contribution in [1.82, 2.24) is 9.88 Å². The molecule has 1 aliphatic rings. The van der Waals surface area contributed by atoms with Gasteiger partial charge in [-0.3, -0.25) is 9.88 Å². The molecule has 1 aliphatic heterocycles. The van der Waals surface area contributed by atoms with Crippen LogP contribution >= 0.6 is 0 Å². The number of fused-ring (bicyclic) bond motifs is 1. The van der Waals surface area contributed by atoms with E-state index in [1.807, 2.05) is 12.1 Å². The number of nitrogens with two attached hydrogens (primary N) is 1. The molecule has 0 bridgehead atoms. The second-order valence-electron chi connectivity index (χ2n) is 5.85. The highest BCUT2D eigenvalue weighted by atomic mass is 15.3. The predicted octanol–water partition coefficient (Wildman–Crippen LogP) is 2.35. The van der Waals surface area contributed by atoms with Gasteiger partial charge in [-0.2, -0.15) is 0 Å². The Morgan fingerprint density at radius 3 is 2.50 bits per heavy atom. The Hall–Kier alpha value is -1.81. The maximum atomic E-state index is 6.23. The van der Waals surface area contributed by atoms with Gasteiger partial charge >= 0.3 is 0 Å². The van der Waals surface area contributed by atoms with Crippen molar-refractivity contribution in [3.8, 4) is 0 Å². The first kappa shape index (κ1) is 13.2. The highest BCUT2D eigenvalue weighted by molar-refractivity contribution is 5.97. The number of pyridine rings is 1. The molecule has 1 fully saturated rings. The van der Waals surface area contributed by atoms with Gasteiger partial charge in [0.1, 0.15) is 0 Å². The van der Waals surface area contributed by atoms with Gasteiger partial charge in [-0.25, -0.2) is 0 Å². The number of aromatic nitrogens is 1. The van der Waals surface area contributed by atoms with E-state index in [1.165, 1.54) is 0 Å². The Morgan fingerprint density at radius 2 is 1.80 bits per heavy atom. The minimum Gasteiger partial charge on any atom is -0.396 e. The topological polar surface area (TPSA) is 45.4 Å². The summed E-state index contributed by atoms with van der Waals surface area (Å²) in [7, 11) is 2.20. The Labute approximate surface area is 120 Å². The first-order chi connectivity index (χ1) is 9.58. The molecular formula is C16H22N4. The van der Waals surface area contributed by atoms with Gasteiger partial charge in [0.25, 0.3) is 0 Å². The fraction of sp³-hybridized carbons (Fsp3) is 0.438. The minimum absolute atomic E-state index is 0.519. The molecule has 2 aromatic rings. The fourth-order valence-electron chi connectivity index (χ4n) is 3.08. The lowest BCUT2D eigenvalue weighted by Gasteiger charge is -2.44. The summed E-state index contributed by atoms with van der Waals surface area (Å²) >= 11 is 0. The fourth-order valence-corrected chi connectivity index (χ4v) is 3.08. The second-order valence-corrected chi connectivity index (χ2v) is 5.85. The Balaban J connectivity index is 2.08. The Kier molecular flexibility index (Phi) is 3.26. The maximum Gasteiger partial charge on any atom is 0.0745 e. The van der Waals surface area contributed by atoms with Crippen LogP contribution in [0.25, 0.3) is 10.9 Å². The number of para-hydroxylation sites is 1. The average Bonchev–Trinajstić information content (AvgIpc) is 2.44. The molecule has 20 heavy (non-hydrogen) atoms. The van der Waals surface area contributed by atoms with E-state index < -0.39 is 0 Å². The van der Waals surface area contributed by atoms with Gasteiger partial charge in [-0.05, 0) is 27.0 Å². The summed E-state index contributed by atoms with van der Waals surface area (Å²) in [6.45, 7) is 6.53. The van der Waals surface area contributed by atoms with E-state index in [1.54, 1.807) is 6.20 Å². The summed E-state index contributed by atoms with van der Waals surface area (Å²) in [5.41, 5.74) is 9.15. The van der Waals surface area contributed by atoms with Crippen molar-refractivity contribution >= 4 is 22.3 Å². The zero-order chi connectivity index (χ0) is 14.3.